The van der Waals surface area contributed by atoms with Crippen LogP contribution in [0.2, 0.25) is 0 Å². The zero-order valence-corrected chi connectivity index (χ0v) is 28.6. The van der Waals surface area contributed by atoms with Crippen molar-refractivity contribution in [2.24, 2.45) is 17.8 Å². The Bertz CT molecular complexity index is 1030. The molecule has 11 nitrogen and oxygen atoms in total. The van der Waals surface area contributed by atoms with Gasteiger partial charge in [0, 0.05) is 20.3 Å². The zero-order valence-electron chi connectivity index (χ0n) is 28.6. The maximum Gasteiger partial charge on any atom is 0.246 e. The van der Waals surface area contributed by atoms with E-state index in [1.807, 2.05) is 0 Å². The largest absolute Gasteiger partial charge is 0.376 e. The molecule has 5 aliphatic rings. The second-order valence-electron chi connectivity index (χ2n) is 15.1. The molecule has 2 heterocycles. The van der Waals surface area contributed by atoms with Crippen molar-refractivity contribution < 1.29 is 33.4 Å². The molecule has 4 N–H and O–H groups in total. The highest BCUT2D eigenvalue weighted by Gasteiger charge is 2.36. The Labute approximate surface area is 281 Å². The quantitative estimate of drug-likeness (QED) is 0.296. The van der Waals surface area contributed by atoms with Crippen LogP contribution in [0.25, 0.3) is 0 Å². The van der Waals surface area contributed by atoms with E-state index >= 15 is 0 Å². The molecule has 0 aromatic rings. The fourth-order valence-corrected chi connectivity index (χ4v) is 8.76. The van der Waals surface area contributed by atoms with Gasteiger partial charge in [-0.1, -0.05) is 57.8 Å². The molecule has 0 radical (unpaired) electrons. The number of nitrogens with one attached hydrogen (secondary N) is 4. The molecule has 5 rings (SSSR count). The van der Waals surface area contributed by atoms with Crippen LogP contribution in [0.3, 0.4) is 0 Å². The highest BCUT2D eigenvalue weighted by Crippen LogP contribution is 2.35. The molecule has 2 aliphatic heterocycles. The lowest BCUT2D eigenvalue weighted by molar-refractivity contribution is -0.135. The van der Waals surface area contributed by atoms with Gasteiger partial charge in [-0.2, -0.15) is 0 Å². The summed E-state index contributed by atoms with van der Waals surface area (Å²) in [6.07, 6.45) is 18.2. The van der Waals surface area contributed by atoms with E-state index in [0.29, 0.717) is 38.3 Å². The molecule has 4 amide bonds. The maximum absolute atomic E-state index is 14.1. The van der Waals surface area contributed by atoms with Gasteiger partial charge >= 0.3 is 0 Å². The van der Waals surface area contributed by atoms with Crippen LogP contribution in [-0.2, 0) is 33.4 Å². The number of carbonyl (C=O) groups excluding carboxylic acids is 4. The fourth-order valence-electron chi connectivity index (χ4n) is 8.76. The first-order chi connectivity index (χ1) is 22.9. The van der Waals surface area contributed by atoms with E-state index in [9.17, 15) is 19.2 Å². The Morgan fingerprint density at radius 2 is 1.51 bits per heavy atom. The van der Waals surface area contributed by atoms with Crippen molar-refractivity contribution in [1.29, 1.82) is 0 Å². The predicted molar refractivity (Wildman–Crippen MR) is 177 cm³/mol. The molecular weight excluding hydrogens is 600 g/mol. The summed E-state index contributed by atoms with van der Waals surface area (Å²) in [6.45, 7) is 0.994. The molecule has 47 heavy (non-hydrogen) atoms. The summed E-state index contributed by atoms with van der Waals surface area (Å²) in [5.41, 5.74) is 0. The standard InChI is InChI=1S/C36H60N4O7/c1-45-23-33(41)38-32-21-26-11-6-13-28(19-26)47-27-12-5-10-25(18-27)20-31(34(42)37-22-29-14-7-17-46-29)40-35(43)30(39-36(32)44)16-15-24-8-3-2-4-9-24/h24-32H,2-23H2,1H3,(H,37,42)(H,38,41)(H,39,44)(H,40,43)/t25?,26?,27?,28?,29?,30-,31-,32-/m0/s1. The van der Waals surface area contributed by atoms with Crippen LogP contribution in [0.5, 0.6) is 0 Å². The summed E-state index contributed by atoms with van der Waals surface area (Å²) in [4.78, 5) is 54.5. The number of hydrogen-bond donors (Lipinski definition) is 4. The number of rotatable bonds is 9. The maximum atomic E-state index is 14.1. The Morgan fingerprint density at radius 1 is 0.787 bits per heavy atom. The fraction of sp³-hybridized carbons (Fsp3) is 0.889. The molecule has 3 aliphatic carbocycles. The smallest absolute Gasteiger partial charge is 0.246 e. The van der Waals surface area contributed by atoms with Gasteiger partial charge in [0.25, 0.3) is 0 Å². The van der Waals surface area contributed by atoms with Crippen LogP contribution in [0.15, 0.2) is 0 Å². The summed E-state index contributed by atoms with van der Waals surface area (Å²) in [7, 11) is 1.45. The predicted octanol–water partition coefficient (Wildman–Crippen LogP) is 3.67. The summed E-state index contributed by atoms with van der Waals surface area (Å²) in [5.74, 6) is -0.233. The van der Waals surface area contributed by atoms with E-state index in [4.69, 9.17) is 14.2 Å². The van der Waals surface area contributed by atoms with Gasteiger partial charge in [0.2, 0.25) is 23.6 Å². The van der Waals surface area contributed by atoms with Gasteiger partial charge < -0.3 is 35.5 Å². The molecule has 3 saturated carbocycles. The van der Waals surface area contributed by atoms with E-state index in [-0.39, 0.29) is 60.4 Å². The SMILES string of the molecule is COCC(=O)N[C@H]1CC2CCCC(C2)OC2CCCC(C2)C[C@@H](C(=O)NCC2CCCO2)NC(=O)[C@H](CCC2CCCCC2)NC1=O. The normalized spacial score (nSPS) is 34.6. The number of hydrogen-bond acceptors (Lipinski definition) is 7. The Kier molecular flexibility index (Phi) is 14.2. The van der Waals surface area contributed by atoms with E-state index in [1.165, 1.54) is 26.4 Å². The van der Waals surface area contributed by atoms with Crippen molar-refractivity contribution in [2.45, 2.75) is 158 Å². The lowest BCUT2D eigenvalue weighted by atomic mass is 9.81. The van der Waals surface area contributed by atoms with E-state index < -0.39 is 18.1 Å². The molecule has 5 fully saturated rings. The minimum absolute atomic E-state index is 0.000377. The minimum Gasteiger partial charge on any atom is -0.376 e. The second-order valence-corrected chi connectivity index (χ2v) is 15.1. The van der Waals surface area contributed by atoms with Crippen molar-refractivity contribution in [2.75, 3.05) is 26.9 Å². The average Bonchev–Trinajstić information content (AvgIpc) is 3.59. The molecule has 2 saturated heterocycles. The van der Waals surface area contributed by atoms with Crippen LogP contribution in [-0.4, -0.2) is 86.9 Å². The summed E-state index contributed by atoms with van der Waals surface area (Å²) in [5, 5.41) is 12.1. The van der Waals surface area contributed by atoms with Crippen LogP contribution < -0.4 is 21.3 Å². The van der Waals surface area contributed by atoms with E-state index in [1.54, 1.807) is 0 Å². The Balaban J connectivity index is 1.37. The molecule has 266 valence electrons. The van der Waals surface area contributed by atoms with Crippen molar-refractivity contribution in [3.63, 3.8) is 0 Å². The van der Waals surface area contributed by atoms with Gasteiger partial charge in [-0.05, 0) is 82.0 Å². The lowest BCUT2D eigenvalue weighted by Crippen LogP contribution is -2.58. The first-order valence-corrected chi connectivity index (χ1v) is 18.8. The Morgan fingerprint density at radius 3 is 2.19 bits per heavy atom. The second kappa shape index (κ2) is 18.5. The summed E-state index contributed by atoms with van der Waals surface area (Å²) >= 11 is 0. The van der Waals surface area contributed by atoms with Gasteiger partial charge in [0.1, 0.15) is 24.7 Å². The van der Waals surface area contributed by atoms with Crippen molar-refractivity contribution in [3.05, 3.63) is 0 Å². The third-order valence-electron chi connectivity index (χ3n) is 11.3. The van der Waals surface area contributed by atoms with Crippen LogP contribution in [0, 0.1) is 17.8 Å². The molecular formula is C36H60N4O7. The Hall–Kier alpha value is -2.24. The van der Waals surface area contributed by atoms with Gasteiger partial charge in [-0.25, -0.2) is 0 Å². The minimum atomic E-state index is -0.797. The van der Waals surface area contributed by atoms with Crippen molar-refractivity contribution in [1.82, 2.24) is 21.3 Å². The van der Waals surface area contributed by atoms with Gasteiger partial charge in [0.15, 0.2) is 0 Å². The topological polar surface area (TPSA) is 144 Å². The number of amides is 4. The summed E-state index contributed by atoms with van der Waals surface area (Å²) in [6, 6.07) is -2.30. The molecule has 4 bridgehead atoms. The van der Waals surface area contributed by atoms with Crippen LogP contribution >= 0.6 is 0 Å². The van der Waals surface area contributed by atoms with Gasteiger partial charge in [-0.3, -0.25) is 19.2 Å². The zero-order chi connectivity index (χ0) is 33.0. The average molecular weight is 661 g/mol. The third kappa shape index (κ3) is 11.4. The van der Waals surface area contributed by atoms with E-state index in [2.05, 4.69) is 21.3 Å². The first-order valence-electron chi connectivity index (χ1n) is 18.8. The number of ether oxygens (including phenoxy) is 3. The number of carbonyl (C=O) groups is 4. The molecule has 0 aromatic heterocycles. The molecule has 0 spiro atoms. The van der Waals surface area contributed by atoms with Crippen molar-refractivity contribution in [3.8, 4) is 0 Å². The summed E-state index contributed by atoms with van der Waals surface area (Å²) < 4.78 is 17.5. The monoisotopic (exact) mass is 660 g/mol. The lowest BCUT2D eigenvalue weighted by Gasteiger charge is -2.37. The van der Waals surface area contributed by atoms with E-state index in [0.717, 1.165) is 83.5 Å². The molecule has 11 heteroatoms. The highest BCUT2D eigenvalue weighted by molar-refractivity contribution is 5.94. The van der Waals surface area contributed by atoms with Gasteiger partial charge in [0.05, 0.1) is 18.3 Å². The number of methoxy groups -OCH3 is 1. The molecule has 0 aromatic carbocycles. The van der Waals surface area contributed by atoms with Crippen LogP contribution in [0.4, 0.5) is 0 Å². The number of fused-ring (bicyclic) bond motifs is 4. The van der Waals surface area contributed by atoms with Crippen molar-refractivity contribution >= 4 is 23.6 Å². The molecule has 5 unspecified atom stereocenters. The van der Waals surface area contributed by atoms with Crippen LogP contribution in [0.1, 0.15) is 122 Å². The third-order valence-corrected chi connectivity index (χ3v) is 11.3. The highest BCUT2D eigenvalue weighted by atomic mass is 16.5. The molecule has 8 atom stereocenters. The van der Waals surface area contributed by atoms with Gasteiger partial charge in [-0.15, -0.1) is 0 Å². The first kappa shape index (κ1) is 36.1.